The molecule has 1 aliphatic carbocycles. The molecule has 3 N–H and O–H groups in total. The summed E-state index contributed by atoms with van der Waals surface area (Å²) < 4.78 is 27.2. The average molecular weight is 294 g/mol. The number of hydrogen-bond donors (Lipinski definition) is 3. The van der Waals surface area contributed by atoms with Crippen molar-refractivity contribution in [2.45, 2.75) is 37.8 Å². The molecule has 2 atom stereocenters. The molecule has 1 aromatic heterocycles. The fraction of sp³-hybridized carbons (Fsp3) is 0.400. The normalized spacial score (nSPS) is 22.4. The first-order valence-electron chi connectivity index (χ1n) is 7.02. The smallest absolute Gasteiger partial charge is 0.253 e. The Balaban J connectivity index is 1.89. The van der Waals surface area contributed by atoms with Gasteiger partial charge in [-0.2, -0.15) is 0 Å². The van der Waals surface area contributed by atoms with Crippen LogP contribution in [0.5, 0.6) is 0 Å². The molecule has 1 aromatic carbocycles. The Morgan fingerprint density at radius 1 is 1.29 bits per heavy atom. The Bertz CT molecular complexity index is 684. The van der Waals surface area contributed by atoms with Gasteiger partial charge in [0.25, 0.3) is 5.91 Å². The van der Waals surface area contributed by atoms with Gasteiger partial charge in [0.15, 0.2) is 11.6 Å². The number of hydrogen-bond acceptors (Lipinski definition) is 2. The molecule has 3 rings (SSSR count). The van der Waals surface area contributed by atoms with Crippen LogP contribution in [0.15, 0.2) is 18.3 Å². The molecule has 0 spiro atoms. The van der Waals surface area contributed by atoms with Gasteiger partial charge in [0.05, 0.1) is 23.1 Å². The summed E-state index contributed by atoms with van der Waals surface area (Å²) in [6.45, 7) is 0. The van der Waals surface area contributed by atoms with E-state index in [1.54, 1.807) is 0 Å². The van der Waals surface area contributed by atoms with Crippen molar-refractivity contribution < 1.29 is 18.7 Å². The van der Waals surface area contributed by atoms with Crippen LogP contribution in [0.2, 0.25) is 0 Å². The highest BCUT2D eigenvalue weighted by molar-refractivity contribution is 6.07. The average Bonchev–Trinajstić information content (AvgIpc) is 2.90. The van der Waals surface area contributed by atoms with Crippen molar-refractivity contribution in [1.29, 1.82) is 0 Å². The number of aliphatic hydroxyl groups excluding tert-OH is 1. The fourth-order valence-electron chi connectivity index (χ4n) is 2.86. The van der Waals surface area contributed by atoms with Crippen molar-refractivity contribution in [3.8, 4) is 0 Å². The molecule has 1 aliphatic rings. The molecule has 0 unspecified atom stereocenters. The number of carbonyl (C=O) groups is 1. The third-order valence-electron chi connectivity index (χ3n) is 4.03. The lowest BCUT2D eigenvalue weighted by atomic mass is 9.92. The van der Waals surface area contributed by atoms with Crippen LogP contribution in [0.4, 0.5) is 8.78 Å². The molecule has 2 aromatic rings. The number of amides is 1. The van der Waals surface area contributed by atoms with Crippen molar-refractivity contribution >= 4 is 16.8 Å². The molecule has 0 bridgehead atoms. The maximum Gasteiger partial charge on any atom is 0.253 e. The lowest BCUT2D eigenvalue weighted by Gasteiger charge is -2.28. The number of H-pyrrole nitrogens is 1. The van der Waals surface area contributed by atoms with Gasteiger partial charge in [0, 0.05) is 11.7 Å². The first-order valence-corrected chi connectivity index (χ1v) is 7.02. The highest BCUT2D eigenvalue weighted by atomic mass is 19.2. The van der Waals surface area contributed by atoms with Gasteiger partial charge in [-0.3, -0.25) is 4.79 Å². The summed E-state index contributed by atoms with van der Waals surface area (Å²) in [7, 11) is 0. The van der Waals surface area contributed by atoms with Crippen molar-refractivity contribution in [3.05, 3.63) is 35.5 Å². The number of aromatic nitrogens is 1. The van der Waals surface area contributed by atoms with Crippen molar-refractivity contribution in [2.24, 2.45) is 0 Å². The number of aliphatic hydroxyl groups is 1. The van der Waals surface area contributed by atoms with E-state index >= 15 is 0 Å². The molecular formula is C15H16F2N2O2. The summed E-state index contributed by atoms with van der Waals surface area (Å²) in [6.07, 6.45) is 3.96. The maximum atomic E-state index is 13.9. The third kappa shape index (κ3) is 2.51. The van der Waals surface area contributed by atoms with E-state index in [1.807, 2.05) is 0 Å². The number of carbonyl (C=O) groups excluding carboxylic acids is 1. The largest absolute Gasteiger partial charge is 0.391 e. The first-order chi connectivity index (χ1) is 10.1. The molecule has 1 saturated carbocycles. The third-order valence-corrected chi connectivity index (χ3v) is 4.03. The molecule has 0 aliphatic heterocycles. The van der Waals surface area contributed by atoms with Gasteiger partial charge < -0.3 is 15.4 Å². The monoisotopic (exact) mass is 294 g/mol. The quantitative estimate of drug-likeness (QED) is 0.796. The van der Waals surface area contributed by atoms with Crippen molar-refractivity contribution in [3.63, 3.8) is 0 Å². The van der Waals surface area contributed by atoms with E-state index in [4.69, 9.17) is 0 Å². The lowest BCUT2D eigenvalue weighted by molar-refractivity contribution is 0.0718. The van der Waals surface area contributed by atoms with E-state index in [0.29, 0.717) is 18.4 Å². The second kappa shape index (κ2) is 5.44. The number of rotatable bonds is 2. The Hall–Kier alpha value is -1.95. The zero-order valence-electron chi connectivity index (χ0n) is 11.3. The minimum atomic E-state index is -1.04. The van der Waals surface area contributed by atoms with Gasteiger partial charge in [-0.05, 0) is 25.0 Å². The van der Waals surface area contributed by atoms with Crippen LogP contribution in [-0.4, -0.2) is 28.1 Å². The van der Waals surface area contributed by atoms with Crippen LogP contribution >= 0.6 is 0 Å². The topological polar surface area (TPSA) is 65.1 Å². The van der Waals surface area contributed by atoms with Crippen LogP contribution < -0.4 is 5.32 Å². The highest BCUT2D eigenvalue weighted by Crippen LogP contribution is 2.25. The molecule has 6 heteroatoms. The molecule has 4 nitrogen and oxygen atoms in total. The zero-order chi connectivity index (χ0) is 15.0. The summed E-state index contributed by atoms with van der Waals surface area (Å²) in [5, 5.41) is 12.5. The second-order valence-electron chi connectivity index (χ2n) is 5.42. The van der Waals surface area contributed by atoms with Gasteiger partial charge in [-0.15, -0.1) is 0 Å². The Morgan fingerprint density at radius 2 is 2.05 bits per heavy atom. The second-order valence-corrected chi connectivity index (χ2v) is 5.42. The number of nitrogens with one attached hydrogen (secondary N) is 2. The maximum absolute atomic E-state index is 13.9. The molecule has 21 heavy (non-hydrogen) atoms. The first kappa shape index (κ1) is 14.0. The zero-order valence-corrected chi connectivity index (χ0v) is 11.3. The van der Waals surface area contributed by atoms with Gasteiger partial charge in [-0.1, -0.05) is 12.8 Å². The Kier molecular flexibility index (Phi) is 3.63. The van der Waals surface area contributed by atoms with Gasteiger partial charge in [0.2, 0.25) is 0 Å². The number of benzene rings is 1. The molecule has 1 amide bonds. The van der Waals surface area contributed by atoms with Gasteiger partial charge in [-0.25, -0.2) is 8.78 Å². The standard InChI is InChI=1S/C15H16F2N2O2/c16-9-5-6-11-13(14(9)17)8(7-18-11)15(21)19-10-3-1-2-4-12(10)20/h5-7,10,12,18,20H,1-4H2,(H,19,21)/t10-,12-/m0/s1. The van der Waals surface area contributed by atoms with E-state index in [0.717, 1.165) is 18.9 Å². The summed E-state index contributed by atoms with van der Waals surface area (Å²) in [4.78, 5) is 15.0. The van der Waals surface area contributed by atoms with Crippen LogP contribution in [-0.2, 0) is 0 Å². The SMILES string of the molecule is O=C(N[C@H]1CCCC[C@@H]1O)c1c[nH]c2ccc(F)c(F)c12. The van der Waals surface area contributed by atoms with Gasteiger partial charge in [0.1, 0.15) is 0 Å². The van der Waals surface area contributed by atoms with Crippen molar-refractivity contribution in [2.75, 3.05) is 0 Å². The molecule has 1 heterocycles. The van der Waals surface area contributed by atoms with E-state index in [9.17, 15) is 18.7 Å². The summed E-state index contributed by atoms with van der Waals surface area (Å²) >= 11 is 0. The highest BCUT2D eigenvalue weighted by Gasteiger charge is 2.26. The molecule has 0 saturated heterocycles. The molecule has 112 valence electrons. The summed E-state index contributed by atoms with van der Waals surface area (Å²) in [6, 6.07) is 2.06. The van der Waals surface area contributed by atoms with E-state index in [1.165, 1.54) is 12.3 Å². The number of aromatic amines is 1. The van der Waals surface area contributed by atoms with Crippen molar-refractivity contribution in [1.82, 2.24) is 10.3 Å². The van der Waals surface area contributed by atoms with Crippen LogP contribution in [0.3, 0.4) is 0 Å². The molecular weight excluding hydrogens is 278 g/mol. The lowest BCUT2D eigenvalue weighted by Crippen LogP contribution is -2.45. The van der Waals surface area contributed by atoms with E-state index < -0.39 is 23.6 Å². The predicted octanol–water partition coefficient (Wildman–Crippen LogP) is 2.48. The van der Waals surface area contributed by atoms with Crippen LogP contribution in [0.1, 0.15) is 36.0 Å². The predicted molar refractivity (Wildman–Crippen MR) is 73.9 cm³/mol. The minimum Gasteiger partial charge on any atom is -0.391 e. The fourth-order valence-corrected chi connectivity index (χ4v) is 2.86. The van der Waals surface area contributed by atoms with E-state index in [2.05, 4.69) is 10.3 Å². The van der Waals surface area contributed by atoms with E-state index in [-0.39, 0.29) is 17.0 Å². The molecule has 1 fully saturated rings. The van der Waals surface area contributed by atoms with Gasteiger partial charge >= 0.3 is 0 Å². The van der Waals surface area contributed by atoms with Crippen LogP contribution in [0.25, 0.3) is 10.9 Å². The Morgan fingerprint density at radius 3 is 2.81 bits per heavy atom. The number of fused-ring (bicyclic) bond motifs is 1. The minimum absolute atomic E-state index is 0.0553. The number of halogens is 2. The Labute approximate surface area is 120 Å². The summed E-state index contributed by atoms with van der Waals surface area (Å²) in [5.41, 5.74) is 0.419. The van der Waals surface area contributed by atoms with Crippen LogP contribution in [0, 0.1) is 11.6 Å². The molecule has 0 radical (unpaired) electrons. The summed E-state index contributed by atoms with van der Waals surface area (Å²) in [5.74, 6) is -2.53.